The maximum Gasteiger partial charge on any atom is 0.139 e. The zero-order valence-corrected chi connectivity index (χ0v) is 16.6. The Kier molecular flexibility index (Phi) is 5.99. The maximum atomic E-state index is 13.3. The molecule has 0 aliphatic carbocycles. The number of hydrogen-bond donors (Lipinski definition) is 1. The lowest BCUT2D eigenvalue weighted by molar-refractivity contribution is 0.189. The molecule has 2 N–H and O–H groups in total. The predicted molar refractivity (Wildman–Crippen MR) is 112 cm³/mol. The van der Waals surface area contributed by atoms with Crippen molar-refractivity contribution in [1.82, 2.24) is 19.9 Å². The van der Waals surface area contributed by atoms with Crippen LogP contribution in [0.25, 0.3) is 11.1 Å². The van der Waals surface area contributed by atoms with Crippen molar-refractivity contribution >= 4 is 17.4 Å². The number of halogens is 2. The summed E-state index contributed by atoms with van der Waals surface area (Å²) in [4.78, 5) is 17.5. The van der Waals surface area contributed by atoms with Crippen LogP contribution in [0.1, 0.15) is 11.6 Å². The van der Waals surface area contributed by atoms with Gasteiger partial charge in [0.25, 0.3) is 0 Å². The Morgan fingerprint density at radius 1 is 1.00 bits per heavy atom. The minimum atomic E-state index is -0.259. The number of nitrogens with two attached hydrogens (primary N) is 1. The van der Waals surface area contributed by atoms with Gasteiger partial charge in [-0.2, -0.15) is 0 Å². The topological polar surface area (TPSA) is 71.2 Å². The van der Waals surface area contributed by atoms with Gasteiger partial charge in [0.2, 0.25) is 0 Å². The lowest BCUT2D eigenvalue weighted by atomic mass is 10.1. The van der Waals surface area contributed by atoms with Crippen molar-refractivity contribution in [3.8, 4) is 11.1 Å². The number of aromatic nitrogens is 3. The molecule has 3 heterocycles. The molecule has 0 bridgehead atoms. The van der Waals surface area contributed by atoms with Crippen molar-refractivity contribution in [2.45, 2.75) is 6.04 Å². The van der Waals surface area contributed by atoms with E-state index in [9.17, 15) is 4.39 Å². The summed E-state index contributed by atoms with van der Waals surface area (Å²) in [5.74, 6) is 0.606. The van der Waals surface area contributed by atoms with Crippen LogP contribution in [0.2, 0.25) is 5.15 Å². The van der Waals surface area contributed by atoms with Crippen molar-refractivity contribution in [2.24, 2.45) is 5.73 Å². The zero-order valence-electron chi connectivity index (χ0n) is 15.9. The van der Waals surface area contributed by atoms with Gasteiger partial charge in [0.1, 0.15) is 23.1 Å². The SMILES string of the molecule is NC[C@H](c1ccc(Cl)nc1)N1CCN(c2ncncc2-c2ccc(F)cc2)CC1. The number of rotatable bonds is 5. The molecule has 150 valence electrons. The van der Waals surface area contributed by atoms with Crippen LogP contribution < -0.4 is 10.6 Å². The smallest absolute Gasteiger partial charge is 0.139 e. The Hall–Kier alpha value is -2.61. The van der Waals surface area contributed by atoms with E-state index in [1.165, 1.54) is 12.1 Å². The van der Waals surface area contributed by atoms with E-state index in [1.54, 1.807) is 36.9 Å². The molecule has 4 rings (SSSR count). The standard InChI is InChI=1S/C21H22ClFN6/c22-20-6-3-16(12-26-20)19(11-24)28-7-9-29(10-8-28)21-18(13-25-14-27-21)15-1-4-17(23)5-2-15/h1-6,12-14,19H,7-11,24H2/t19-/m1/s1. The van der Waals surface area contributed by atoms with Gasteiger partial charge in [0.05, 0.1) is 0 Å². The molecule has 1 aromatic carbocycles. The van der Waals surface area contributed by atoms with E-state index in [0.717, 1.165) is 48.7 Å². The van der Waals surface area contributed by atoms with Crippen molar-refractivity contribution in [2.75, 3.05) is 37.6 Å². The van der Waals surface area contributed by atoms with Crippen LogP contribution in [-0.4, -0.2) is 52.6 Å². The first-order valence-corrected chi connectivity index (χ1v) is 9.90. The van der Waals surface area contributed by atoms with Gasteiger partial charge < -0.3 is 10.6 Å². The van der Waals surface area contributed by atoms with Gasteiger partial charge in [0, 0.05) is 56.7 Å². The number of piperazine rings is 1. The zero-order chi connectivity index (χ0) is 20.2. The van der Waals surface area contributed by atoms with Crippen molar-refractivity contribution < 1.29 is 4.39 Å². The Bertz CT molecular complexity index is 942. The first-order chi connectivity index (χ1) is 14.2. The molecule has 0 spiro atoms. The van der Waals surface area contributed by atoms with E-state index in [1.807, 2.05) is 6.07 Å². The molecule has 3 aromatic rings. The van der Waals surface area contributed by atoms with E-state index in [-0.39, 0.29) is 11.9 Å². The van der Waals surface area contributed by atoms with Gasteiger partial charge in [0.15, 0.2) is 0 Å². The summed E-state index contributed by atoms with van der Waals surface area (Å²) in [5, 5.41) is 0.478. The highest BCUT2D eigenvalue weighted by atomic mass is 35.5. The fourth-order valence-corrected chi connectivity index (χ4v) is 3.85. The second kappa shape index (κ2) is 8.82. The maximum absolute atomic E-state index is 13.3. The van der Waals surface area contributed by atoms with E-state index in [0.29, 0.717) is 11.7 Å². The average Bonchev–Trinajstić information content (AvgIpc) is 2.77. The molecular formula is C21H22ClFN6. The predicted octanol–water partition coefficient (Wildman–Crippen LogP) is 3.15. The van der Waals surface area contributed by atoms with Gasteiger partial charge >= 0.3 is 0 Å². The van der Waals surface area contributed by atoms with Crippen LogP contribution >= 0.6 is 11.6 Å². The van der Waals surface area contributed by atoms with Crippen LogP contribution in [-0.2, 0) is 0 Å². The molecule has 0 radical (unpaired) electrons. The summed E-state index contributed by atoms with van der Waals surface area (Å²) in [6, 6.07) is 10.3. The first kappa shape index (κ1) is 19.7. The minimum Gasteiger partial charge on any atom is -0.353 e. The van der Waals surface area contributed by atoms with Crippen molar-refractivity contribution in [1.29, 1.82) is 0 Å². The van der Waals surface area contributed by atoms with Gasteiger partial charge in [-0.1, -0.05) is 29.8 Å². The Labute approximate surface area is 174 Å². The van der Waals surface area contributed by atoms with Gasteiger partial charge in [-0.15, -0.1) is 0 Å². The molecule has 1 aliphatic heterocycles. The highest BCUT2D eigenvalue weighted by Crippen LogP contribution is 2.30. The summed E-state index contributed by atoms with van der Waals surface area (Å²) in [5.41, 5.74) is 8.93. The van der Waals surface area contributed by atoms with Gasteiger partial charge in [-0.25, -0.2) is 19.3 Å². The number of nitrogens with zero attached hydrogens (tertiary/aromatic N) is 5. The van der Waals surface area contributed by atoms with Crippen LogP contribution in [0.15, 0.2) is 55.1 Å². The number of hydrogen-bond acceptors (Lipinski definition) is 6. The van der Waals surface area contributed by atoms with Crippen LogP contribution in [0.4, 0.5) is 10.2 Å². The first-order valence-electron chi connectivity index (χ1n) is 9.52. The van der Waals surface area contributed by atoms with Crippen molar-refractivity contribution in [3.63, 3.8) is 0 Å². The molecule has 0 amide bonds. The monoisotopic (exact) mass is 412 g/mol. The third-order valence-corrected chi connectivity index (χ3v) is 5.48. The third-order valence-electron chi connectivity index (χ3n) is 5.26. The minimum absolute atomic E-state index is 0.101. The molecule has 1 atom stereocenters. The summed E-state index contributed by atoms with van der Waals surface area (Å²) < 4.78 is 13.3. The molecule has 2 aromatic heterocycles. The van der Waals surface area contributed by atoms with Gasteiger partial charge in [-0.3, -0.25) is 4.90 Å². The van der Waals surface area contributed by atoms with Crippen molar-refractivity contribution in [3.05, 3.63) is 71.7 Å². The summed E-state index contributed by atoms with van der Waals surface area (Å²) in [6.45, 7) is 3.82. The molecule has 0 unspecified atom stereocenters. The third kappa shape index (κ3) is 4.37. The lowest BCUT2D eigenvalue weighted by Gasteiger charge is -2.40. The lowest BCUT2D eigenvalue weighted by Crippen LogP contribution is -2.49. The molecule has 1 saturated heterocycles. The van der Waals surface area contributed by atoms with E-state index in [4.69, 9.17) is 17.3 Å². The second-order valence-corrected chi connectivity index (χ2v) is 7.34. The fourth-order valence-electron chi connectivity index (χ4n) is 3.73. The Balaban J connectivity index is 1.50. The number of anilines is 1. The van der Waals surface area contributed by atoms with Crippen LogP contribution in [0, 0.1) is 5.82 Å². The van der Waals surface area contributed by atoms with Gasteiger partial charge in [-0.05, 0) is 29.3 Å². The molecule has 8 heteroatoms. The Morgan fingerprint density at radius 2 is 1.76 bits per heavy atom. The second-order valence-electron chi connectivity index (χ2n) is 6.96. The fraction of sp³-hybridized carbons (Fsp3) is 0.286. The summed E-state index contributed by atoms with van der Waals surface area (Å²) in [6.07, 6.45) is 5.13. The largest absolute Gasteiger partial charge is 0.353 e. The quantitative estimate of drug-likeness (QED) is 0.649. The highest BCUT2D eigenvalue weighted by Gasteiger charge is 2.26. The van der Waals surface area contributed by atoms with E-state index < -0.39 is 0 Å². The average molecular weight is 413 g/mol. The van der Waals surface area contributed by atoms with Crippen LogP contribution in [0.3, 0.4) is 0 Å². The molecule has 29 heavy (non-hydrogen) atoms. The summed E-state index contributed by atoms with van der Waals surface area (Å²) in [7, 11) is 0. The number of benzene rings is 1. The van der Waals surface area contributed by atoms with E-state index >= 15 is 0 Å². The Morgan fingerprint density at radius 3 is 2.41 bits per heavy atom. The molecule has 1 aliphatic rings. The summed E-state index contributed by atoms with van der Waals surface area (Å²) >= 11 is 5.91. The molecule has 0 saturated carbocycles. The highest BCUT2D eigenvalue weighted by molar-refractivity contribution is 6.29. The normalized spacial score (nSPS) is 16.0. The molecule has 1 fully saturated rings. The van der Waals surface area contributed by atoms with E-state index in [2.05, 4.69) is 24.8 Å². The molecular weight excluding hydrogens is 391 g/mol. The van der Waals surface area contributed by atoms with Crippen LogP contribution in [0.5, 0.6) is 0 Å². The number of pyridine rings is 1. The molecule has 6 nitrogen and oxygen atoms in total.